The lowest BCUT2D eigenvalue weighted by molar-refractivity contribution is -0.385. The maximum absolute atomic E-state index is 13.3. The molecule has 0 saturated carbocycles. The van der Waals surface area contributed by atoms with Crippen LogP contribution in [0.15, 0.2) is 76.5 Å². The molecule has 0 radical (unpaired) electrons. The van der Waals surface area contributed by atoms with Crippen molar-refractivity contribution in [3.05, 3.63) is 87.4 Å². The molecule has 1 heterocycles. The minimum absolute atomic E-state index is 0.00379. The van der Waals surface area contributed by atoms with Gasteiger partial charge in [-0.25, -0.2) is 0 Å². The summed E-state index contributed by atoms with van der Waals surface area (Å²) in [7, 11) is 0. The van der Waals surface area contributed by atoms with E-state index in [0.29, 0.717) is 11.4 Å². The van der Waals surface area contributed by atoms with Crippen molar-refractivity contribution >= 4 is 46.3 Å². The zero-order valence-electron chi connectivity index (χ0n) is 13.3. The van der Waals surface area contributed by atoms with E-state index in [1.54, 1.807) is 11.8 Å². The fourth-order valence-electron chi connectivity index (χ4n) is 2.88. The number of para-hydroxylation sites is 2. The molecule has 0 fully saturated rings. The maximum atomic E-state index is 13.3. The van der Waals surface area contributed by atoms with Crippen LogP contribution in [0.3, 0.4) is 0 Å². The van der Waals surface area contributed by atoms with Crippen molar-refractivity contribution in [2.75, 3.05) is 4.90 Å². The Morgan fingerprint density at radius 3 is 2.12 bits per heavy atom. The molecule has 0 spiro atoms. The standard InChI is InChI=1S/C19H11ClN2O3S/c20-12-9-10-13(16(11-12)22(24)25)19(23)21-14-5-1-3-7-17(14)26-18-8-4-2-6-15(18)21/h1-11H. The first kappa shape index (κ1) is 16.6. The number of nitro groups is 1. The molecule has 0 N–H and O–H groups in total. The highest BCUT2D eigenvalue weighted by atomic mass is 35.5. The Morgan fingerprint density at radius 1 is 0.962 bits per heavy atom. The van der Waals surface area contributed by atoms with E-state index >= 15 is 0 Å². The zero-order chi connectivity index (χ0) is 18.3. The van der Waals surface area contributed by atoms with Crippen LogP contribution in [0.25, 0.3) is 0 Å². The average Bonchev–Trinajstić information content (AvgIpc) is 2.65. The molecule has 1 aliphatic rings. The smallest absolute Gasteiger partial charge is 0.274 e. The van der Waals surface area contributed by atoms with Crippen molar-refractivity contribution in [3.8, 4) is 0 Å². The van der Waals surface area contributed by atoms with E-state index in [1.807, 2.05) is 48.5 Å². The summed E-state index contributed by atoms with van der Waals surface area (Å²) in [4.78, 5) is 27.5. The molecule has 1 amide bonds. The van der Waals surface area contributed by atoms with Gasteiger partial charge in [-0.1, -0.05) is 47.6 Å². The minimum Gasteiger partial charge on any atom is -0.274 e. The first-order valence-corrected chi connectivity index (χ1v) is 8.90. The Kier molecular flexibility index (Phi) is 4.14. The molecule has 0 aromatic heterocycles. The Hall–Kier alpha value is -2.83. The van der Waals surface area contributed by atoms with Crippen LogP contribution in [0.2, 0.25) is 5.02 Å². The predicted molar refractivity (Wildman–Crippen MR) is 102 cm³/mol. The van der Waals surface area contributed by atoms with Gasteiger partial charge in [0.1, 0.15) is 5.56 Å². The van der Waals surface area contributed by atoms with E-state index in [0.717, 1.165) is 9.79 Å². The van der Waals surface area contributed by atoms with Crippen molar-refractivity contribution in [2.45, 2.75) is 9.79 Å². The van der Waals surface area contributed by atoms with Crippen LogP contribution in [0.4, 0.5) is 17.1 Å². The second-order valence-electron chi connectivity index (χ2n) is 5.60. The van der Waals surface area contributed by atoms with E-state index in [2.05, 4.69) is 0 Å². The largest absolute Gasteiger partial charge is 0.283 e. The van der Waals surface area contributed by atoms with Crippen LogP contribution >= 0.6 is 23.4 Å². The highest BCUT2D eigenvalue weighted by Gasteiger charge is 2.32. The summed E-state index contributed by atoms with van der Waals surface area (Å²) in [5.74, 6) is -0.464. The first-order chi connectivity index (χ1) is 12.6. The molecule has 0 bridgehead atoms. The predicted octanol–water partition coefficient (Wildman–Crippen LogP) is 5.69. The topological polar surface area (TPSA) is 63.4 Å². The molecular weight excluding hydrogens is 372 g/mol. The number of rotatable bonds is 2. The third kappa shape index (κ3) is 2.73. The molecule has 0 atom stereocenters. The lowest BCUT2D eigenvalue weighted by atomic mass is 10.1. The van der Waals surface area contributed by atoms with Gasteiger partial charge in [0.15, 0.2) is 0 Å². The van der Waals surface area contributed by atoms with Gasteiger partial charge >= 0.3 is 0 Å². The van der Waals surface area contributed by atoms with Crippen LogP contribution in [0.5, 0.6) is 0 Å². The number of nitrogens with zero attached hydrogens (tertiary/aromatic N) is 2. The van der Waals surface area contributed by atoms with Crippen molar-refractivity contribution in [2.24, 2.45) is 0 Å². The number of anilines is 2. The average molecular weight is 383 g/mol. The molecule has 0 unspecified atom stereocenters. The second kappa shape index (κ2) is 6.48. The van der Waals surface area contributed by atoms with Crippen molar-refractivity contribution in [1.82, 2.24) is 0 Å². The van der Waals surface area contributed by atoms with Gasteiger partial charge in [-0.2, -0.15) is 0 Å². The molecule has 3 aromatic carbocycles. The fraction of sp³-hybridized carbons (Fsp3) is 0. The number of amides is 1. The van der Waals surface area contributed by atoms with Gasteiger partial charge in [-0.15, -0.1) is 0 Å². The summed E-state index contributed by atoms with van der Waals surface area (Å²) in [5.41, 5.74) is 1.09. The molecule has 7 heteroatoms. The lowest BCUT2D eigenvalue weighted by Gasteiger charge is -2.31. The highest BCUT2D eigenvalue weighted by Crippen LogP contribution is 2.48. The maximum Gasteiger partial charge on any atom is 0.283 e. The Bertz CT molecular complexity index is 1010. The Balaban J connectivity index is 1.91. The number of halogens is 1. The molecular formula is C19H11ClN2O3S. The number of carbonyl (C=O) groups is 1. The summed E-state index contributed by atoms with van der Waals surface area (Å²) in [5, 5.41) is 11.6. The van der Waals surface area contributed by atoms with Gasteiger partial charge in [-0.05, 0) is 36.4 Å². The monoisotopic (exact) mass is 382 g/mol. The van der Waals surface area contributed by atoms with Crippen molar-refractivity contribution in [3.63, 3.8) is 0 Å². The van der Waals surface area contributed by atoms with Gasteiger partial charge in [0.2, 0.25) is 0 Å². The molecule has 0 saturated heterocycles. The molecule has 5 nitrogen and oxygen atoms in total. The van der Waals surface area contributed by atoms with Gasteiger partial charge in [-0.3, -0.25) is 19.8 Å². The third-order valence-corrected chi connectivity index (χ3v) is 5.39. The first-order valence-electron chi connectivity index (χ1n) is 7.70. The van der Waals surface area contributed by atoms with Crippen molar-refractivity contribution < 1.29 is 9.72 Å². The molecule has 1 aliphatic heterocycles. The highest BCUT2D eigenvalue weighted by molar-refractivity contribution is 7.99. The SMILES string of the molecule is O=C(c1ccc(Cl)cc1[N+](=O)[O-])N1c2ccccc2Sc2ccccc21. The minimum atomic E-state index is -0.588. The van der Waals surface area contributed by atoms with Crippen LogP contribution in [0.1, 0.15) is 10.4 Å². The van der Waals surface area contributed by atoms with E-state index in [9.17, 15) is 14.9 Å². The summed E-state index contributed by atoms with van der Waals surface area (Å²) in [6, 6.07) is 19.1. The van der Waals surface area contributed by atoms with Crippen LogP contribution in [-0.2, 0) is 0 Å². The molecule has 4 rings (SSSR count). The Morgan fingerprint density at radius 2 is 1.54 bits per heavy atom. The van der Waals surface area contributed by atoms with E-state index in [-0.39, 0.29) is 16.3 Å². The van der Waals surface area contributed by atoms with Crippen LogP contribution in [0, 0.1) is 10.1 Å². The van der Waals surface area contributed by atoms with Crippen molar-refractivity contribution in [1.29, 1.82) is 0 Å². The van der Waals surface area contributed by atoms with E-state index in [4.69, 9.17) is 11.6 Å². The fourth-order valence-corrected chi connectivity index (χ4v) is 4.10. The number of hydrogen-bond acceptors (Lipinski definition) is 4. The third-order valence-electron chi connectivity index (χ3n) is 4.02. The lowest BCUT2D eigenvalue weighted by Crippen LogP contribution is -2.29. The van der Waals surface area contributed by atoms with E-state index in [1.165, 1.54) is 23.1 Å². The van der Waals surface area contributed by atoms with Gasteiger partial charge in [0.25, 0.3) is 11.6 Å². The molecule has 0 aliphatic carbocycles. The summed E-state index contributed by atoms with van der Waals surface area (Å²) < 4.78 is 0. The summed E-state index contributed by atoms with van der Waals surface area (Å²) in [6.07, 6.45) is 0. The van der Waals surface area contributed by atoms with E-state index < -0.39 is 10.8 Å². The normalized spacial score (nSPS) is 12.3. The second-order valence-corrected chi connectivity index (χ2v) is 7.12. The summed E-state index contributed by atoms with van der Waals surface area (Å²) in [6.45, 7) is 0. The van der Waals surface area contributed by atoms with Gasteiger partial charge in [0.05, 0.1) is 16.3 Å². The van der Waals surface area contributed by atoms with Crippen LogP contribution < -0.4 is 4.90 Å². The number of fused-ring (bicyclic) bond motifs is 2. The number of carbonyl (C=O) groups excluding carboxylic acids is 1. The number of benzene rings is 3. The summed E-state index contributed by atoms with van der Waals surface area (Å²) >= 11 is 7.44. The van der Waals surface area contributed by atoms with Crippen LogP contribution in [-0.4, -0.2) is 10.8 Å². The zero-order valence-corrected chi connectivity index (χ0v) is 14.8. The molecule has 3 aromatic rings. The van der Waals surface area contributed by atoms with Gasteiger partial charge in [0, 0.05) is 20.9 Å². The van der Waals surface area contributed by atoms with Gasteiger partial charge < -0.3 is 0 Å². The number of hydrogen-bond donors (Lipinski definition) is 0. The molecule has 26 heavy (non-hydrogen) atoms. The quantitative estimate of drug-likeness (QED) is 0.421. The number of nitro benzene ring substituents is 1. The molecule has 128 valence electrons. The Labute approximate surface area is 158 Å².